The van der Waals surface area contributed by atoms with Crippen molar-refractivity contribution in [3.63, 3.8) is 0 Å². The van der Waals surface area contributed by atoms with Crippen molar-refractivity contribution >= 4 is 23.3 Å². The summed E-state index contributed by atoms with van der Waals surface area (Å²) in [5.41, 5.74) is 2.03. The molecule has 0 aliphatic rings. The molecule has 0 heterocycles. The van der Waals surface area contributed by atoms with Crippen molar-refractivity contribution in [2.24, 2.45) is 0 Å². The van der Waals surface area contributed by atoms with Crippen LogP contribution in [0.3, 0.4) is 0 Å². The maximum Gasteiger partial charge on any atom is 0.321 e. The van der Waals surface area contributed by atoms with Crippen LogP contribution in [0.15, 0.2) is 18.2 Å². The zero-order chi connectivity index (χ0) is 16.9. The van der Waals surface area contributed by atoms with Crippen LogP contribution in [0.2, 0.25) is 0 Å². The summed E-state index contributed by atoms with van der Waals surface area (Å²) in [6.45, 7) is 5.20. The molecule has 0 saturated heterocycles. The summed E-state index contributed by atoms with van der Waals surface area (Å²) in [5.74, 6) is -0.0327. The number of nitrogens with zero attached hydrogens (tertiary/aromatic N) is 3. The first kappa shape index (κ1) is 17.8. The number of nitrogens with one attached hydrogen (secondary N) is 1. The molecule has 22 heavy (non-hydrogen) atoms. The van der Waals surface area contributed by atoms with Gasteiger partial charge in [-0.1, -0.05) is 0 Å². The number of hydrogen-bond donors (Lipinski definition) is 1. The van der Waals surface area contributed by atoms with Gasteiger partial charge in [-0.05, 0) is 32.0 Å². The molecule has 0 spiro atoms. The van der Waals surface area contributed by atoms with Crippen molar-refractivity contribution in [2.45, 2.75) is 13.8 Å². The third-order valence-electron chi connectivity index (χ3n) is 3.42. The van der Waals surface area contributed by atoms with Gasteiger partial charge in [-0.15, -0.1) is 0 Å². The summed E-state index contributed by atoms with van der Waals surface area (Å²) in [7, 11) is 7.13. The molecular formula is C16H26N4O2. The first-order chi connectivity index (χ1) is 10.3. The molecule has 0 radical (unpaired) electrons. The van der Waals surface area contributed by atoms with Crippen LogP contribution in [0, 0.1) is 0 Å². The molecule has 122 valence electrons. The van der Waals surface area contributed by atoms with E-state index < -0.39 is 0 Å². The van der Waals surface area contributed by atoms with E-state index in [1.54, 1.807) is 31.1 Å². The fourth-order valence-electron chi connectivity index (χ4n) is 2.09. The largest absolute Gasteiger partial charge is 0.377 e. The smallest absolute Gasteiger partial charge is 0.321 e. The molecule has 3 amide bonds. The fraction of sp³-hybridized carbons (Fsp3) is 0.500. The summed E-state index contributed by atoms with van der Waals surface area (Å²) in [6, 6.07) is 5.16. The number of amides is 3. The molecule has 6 nitrogen and oxygen atoms in total. The van der Waals surface area contributed by atoms with Crippen LogP contribution in [-0.4, -0.2) is 63.0 Å². The van der Waals surface area contributed by atoms with Crippen molar-refractivity contribution in [1.82, 2.24) is 9.80 Å². The summed E-state index contributed by atoms with van der Waals surface area (Å²) >= 11 is 0. The Kier molecular flexibility index (Phi) is 6.22. The topological polar surface area (TPSA) is 55.9 Å². The minimum atomic E-state index is -0.223. The van der Waals surface area contributed by atoms with E-state index in [0.717, 1.165) is 5.69 Å². The Balaban J connectivity index is 3.21. The van der Waals surface area contributed by atoms with Gasteiger partial charge in [0.05, 0.1) is 5.56 Å². The van der Waals surface area contributed by atoms with Crippen molar-refractivity contribution < 1.29 is 9.59 Å². The SMILES string of the molecule is CCN(CC)C(=O)c1cc(NC(=O)N(C)C)ccc1N(C)C. The van der Waals surface area contributed by atoms with Crippen LogP contribution in [0.5, 0.6) is 0 Å². The van der Waals surface area contributed by atoms with Gasteiger partial charge in [-0.2, -0.15) is 0 Å². The maximum atomic E-state index is 12.7. The number of benzene rings is 1. The lowest BCUT2D eigenvalue weighted by atomic mass is 10.1. The van der Waals surface area contributed by atoms with E-state index in [2.05, 4.69) is 5.32 Å². The minimum absolute atomic E-state index is 0.0327. The standard InChI is InChI=1S/C16H26N4O2/c1-7-20(8-2)15(21)13-11-12(17-16(22)19(5)6)9-10-14(13)18(3)4/h9-11H,7-8H2,1-6H3,(H,17,22). The van der Waals surface area contributed by atoms with E-state index in [0.29, 0.717) is 24.3 Å². The molecule has 0 unspecified atom stereocenters. The van der Waals surface area contributed by atoms with Gasteiger partial charge < -0.3 is 20.0 Å². The summed E-state index contributed by atoms with van der Waals surface area (Å²) in [6.07, 6.45) is 0. The molecular weight excluding hydrogens is 280 g/mol. The lowest BCUT2D eigenvalue weighted by Crippen LogP contribution is -2.32. The lowest BCUT2D eigenvalue weighted by molar-refractivity contribution is 0.0773. The van der Waals surface area contributed by atoms with E-state index >= 15 is 0 Å². The van der Waals surface area contributed by atoms with E-state index in [-0.39, 0.29) is 11.9 Å². The highest BCUT2D eigenvalue weighted by Gasteiger charge is 2.19. The summed E-state index contributed by atoms with van der Waals surface area (Å²) in [5, 5.41) is 2.78. The first-order valence-electron chi connectivity index (χ1n) is 7.40. The second-order valence-electron chi connectivity index (χ2n) is 5.43. The van der Waals surface area contributed by atoms with E-state index in [1.807, 2.05) is 38.9 Å². The van der Waals surface area contributed by atoms with Gasteiger partial charge >= 0.3 is 6.03 Å². The van der Waals surface area contributed by atoms with E-state index in [9.17, 15) is 9.59 Å². The monoisotopic (exact) mass is 306 g/mol. The van der Waals surface area contributed by atoms with Crippen LogP contribution in [-0.2, 0) is 0 Å². The zero-order valence-corrected chi connectivity index (χ0v) is 14.3. The average molecular weight is 306 g/mol. The molecule has 1 aromatic rings. The Morgan fingerprint density at radius 2 is 1.64 bits per heavy atom. The van der Waals surface area contributed by atoms with Crippen LogP contribution < -0.4 is 10.2 Å². The molecule has 0 saturated carbocycles. The highest BCUT2D eigenvalue weighted by Crippen LogP contribution is 2.24. The Hall–Kier alpha value is -2.24. The van der Waals surface area contributed by atoms with Crippen LogP contribution in [0.25, 0.3) is 0 Å². The zero-order valence-electron chi connectivity index (χ0n) is 14.3. The molecule has 0 aliphatic carbocycles. The average Bonchev–Trinajstić information content (AvgIpc) is 2.47. The highest BCUT2D eigenvalue weighted by atomic mass is 16.2. The van der Waals surface area contributed by atoms with Gasteiger partial charge in [0.2, 0.25) is 0 Å². The number of urea groups is 1. The van der Waals surface area contributed by atoms with E-state index in [1.165, 1.54) is 4.90 Å². The normalized spacial score (nSPS) is 10.1. The number of rotatable bonds is 5. The molecule has 1 aromatic carbocycles. The van der Waals surface area contributed by atoms with E-state index in [4.69, 9.17) is 0 Å². The summed E-state index contributed by atoms with van der Waals surface area (Å²) < 4.78 is 0. The van der Waals surface area contributed by atoms with Crippen LogP contribution in [0.4, 0.5) is 16.2 Å². The maximum absolute atomic E-state index is 12.7. The Morgan fingerprint density at radius 1 is 1.05 bits per heavy atom. The molecule has 0 fully saturated rings. The highest BCUT2D eigenvalue weighted by molar-refractivity contribution is 6.01. The van der Waals surface area contributed by atoms with Crippen molar-refractivity contribution in [1.29, 1.82) is 0 Å². The third kappa shape index (κ3) is 4.13. The Labute approximate surface area is 132 Å². The van der Waals surface area contributed by atoms with Gasteiger partial charge in [0, 0.05) is 52.7 Å². The fourth-order valence-corrected chi connectivity index (χ4v) is 2.09. The molecule has 1 rings (SSSR count). The molecule has 0 atom stereocenters. The minimum Gasteiger partial charge on any atom is -0.377 e. The van der Waals surface area contributed by atoms with Crippen molar-refractivity contribution in [3.8, 4) is 0 Å². The molecule has 1 N–H and O–H groups in total. The predicted octanol–water partition coefficient (Wildman–Crippen LogP) is 2.33. The Bertz CT molecular complexity index is 537. The number of hydrogen-bond acceptors (Lipinski definition) is 3. The van der Waals surface area contributed by atoms with Crippen molar-refractivity contribution in [2.75, 3.05) is 51.5 Å². The van der Waals surface area contributed by atoms with Gasteiger partial charge in [0.1, 0.15) is 0 Å². The summed E-state index contributed by atoms with van der Waals surface area (Å²) in [4.78, 5) is 29.6. The molecule has 0 bridgehead atoms. The Morgan fingerprint density at radius 3 is 2.09 bits per heavy atom. The number of carbonyl (C=O) groups is 2. The van der Waals surface area contributed by atoms with Crippen LogP contribution in [0.1, 0.15) is 24.2 Å². The quantitative estimate of drug-likeness (QED) is 0.908. The predicted molar refractivity (Wildman–Crippen MR) is 90.7 cm³/mol. The van der Waals surface area contributed by atoms with Crippen LogP contribution >= 0.6 is 0 Å². The number of carbonyl (C=O) groups excluding carboxylic acids is 2. The van der Waals surface area contributed by atoms with Gasteiger partial charge in [0.25, 0.3) is 5.91 Å². The third-order valence-corrected chi connectivity index (χ3v) is 3.42. The molecule has 0 aromatic heterocycles. The molecule has 6 heteroatoms. The second kappa shape index (κ2) is 7.68. The first-order valence-corrected chi connectivity index (χ1v) is 7.40. The van der Waals surface area contributed by atoms with Gasteiger partial charge in [-0.3, -0.25) is 4.79 Å². The lowest BCUT2D eigenvalue weighted by Gasteiger charge is -2.24. The van der Waals surface area contributed by atoms with Gasteiger partial charge in [-0.25, -0.2) is 4.79 Å². The van der Waals surface area contributed by atoms with Crippen molar-refractivity contribution in [3.05, 3.63) is 23.8 Å². The van der Waals surface area contributed by atoms with Gasteiger partial charge in [0.15, 0.2) is 0 Å². The second-order valence-corrected chi connectivity index (χ2v) is 5.43. The molecule has 0 aliphatic heterocycles. The number of anilines is 2.